The summed E-state index contributed by atoms with van der Waals surface area (Å²) in [5.41, 5.74) is 8.55. The zero-order valence-corrected chi connectivity index (χ0v) is 19.0. The van der Waals surface area contributed by atoms with Gasteiger partial charge in [-0.25, -0.2) is 4.39 Å². The van der Waals surface area contributed by atoms with E-state index in [4.69, 9.17) is 5.41 Å². The molecule has 0 radical (unpaired) electrons. The first kappa shape index (κ1) is 24.2. The number of nitrogens with one attached hydrogen (secondary N) is 3. The molecule has 8 heteroatoms. The topological polar surface area (TPSA) is 94.2 Å². The molecule has 2 aromatic carbocycles. The van der Waals surface area contributed by atoms with Gasteiger partial charge in [0.1, 0.15) is 5.82 Å². The van der Waals surface area contributed by atoms with Crippen LogP contribution in [0, 0.1) is 18.2 Å². The van der Waals surface area contributed by atoms with Gasteiger partial charge in [0.25, 0.3) is 5.91 Å². The minimum absolute atomic E-state index is 0.0563. The Kier molecular flexibility index (Phi) is 8.41. The molecule has 2 aromatic rings. The van der Waals surface area contributed by atoms with Crippen molar-refractivity contribution in [3.63, 3.8) is 0 Å². The van der Waals surface area contributed by atoms with Gasteiger partial charge in [-0.2, -0.15) is 0 Å². The van der Waals surface area contributed by atoms with Crippen LogP contribution in [-0.4, -0.2) is 36.4 Å². The van der Waals surface area contributed by atoms with Crippen LogP contribution >= 0.6 is 11.9 Å². The molecule has 3 rings (SSSR count). The highest BCUT2D eigenvalue weighted by Gasteiger charge is 2.27. The van der Waals surface area contributed by atoms with Crippen LogP contribution in [-0.2, 0) is 4.79 Å². The molecule has 31 heavy (non-hydrogen) atoms. The third kappa shape index (κ3) is 5.53. The normalized spacial score (nSPS) is 13.4. The third-order valence-electron chi connectivity index (χ3n) is 4.51. The van der Waals surface area contributed by atoms with Gasteiger partial charge in [-0.3, -0.25) is 10.2 Å². The number of allylic oxidation sites excluding steroid dienone is 1. The molecule has 1 heterocycles. The van der Waals surface area contributed by atoms with E-state index in [1.54, 1.807) is 31.3 Å². The van der Waals surface area contributed by atoms with Gasteiger partial charge < -0.3 is 20.7 Å². The molecule has 1 aliphatic rings. The van der Waals surface area contributed by atoms with Gasteiger partial charge in [0.05, 0.1) is 17.0 Å². The van der Waals surface area contributed by atoms with Crippen molar-refractivity contribution in [2.24, 2.45) is 5.73 Å². The molecule has 5 N–H and O–H groups in total. The predicted octanol–water partition coefficient (Wildman–Crippen LogP) is 4.92. The van der Waals surface area contributed by atoms with Crippen LogP contribution in [0.5, 0.6) is 0 Å². The molecule has 0 bridgehead atoms. The first-order valence-electron chi connectivity index (χ1n) is 9.72. The fourth-order valence-corrected chi connectivity index (χ4v) is 3.40. The number of hydrogen-bond donors (Lipinski definition) is 4. The van der Waals surface area contributed by atoms with Crippen molar-refractivity contribution < 1.29 is 9.18 Å². The van der Waals surface area contributed by atoms with Gasteiger partial charge >= 0.3 is 0 Å². The second-order valence-corrected chi connectivity index (χ2v) is 7.79. The lowest BCUT2D eigenvalue weighted by Crippen LogP contribution is -2.31. The number of nitrogens with zero attached hydrogens (tertiary/aromatic N) is 1. The number of likely N-dealkylation sites (N-methyl/N-ethyl adjacent to an activating group) is 1. The number of aryl methyl sites for hydroxylation is 1. The molecule has 1 aliphatic heterocycles. The predicted molar refractivity (Wildman–Crippen MR) is 130 cm³/mol. The quantitative estimate of drug-likeness (QED) is 0.377. The molecule has 0 saturated carbocycles. The van der Waals surface area contributed by atoms with Crippen LogP contribution < -0.4 is 15.8 Å². The van der Waals surface area contributed by atoms with E-state index in [2.05, 4.69) is 22.4 Å². The third-order valence-corrected chi connectivity index (χ3v) is 5.18. The van der Waals surface area contributed by atoms with Crippen LogP contribution in [0.4, 0.5) is 21.5 Å². The number of carbonyl (C=O) groups excluding carboxylic acids is 1. The maximum Gasteiger partial charge on any atom is 0.259 e. The van der Waals surface area contributed by atoms with Crippen molar-refractivity contribution in [3.8, 4) is 0 Å². The van der Waals surface area contributed by atoms with Crippen LogP contribution in [0.2, 0.25) is 0 Å². The minimum atomic E-state index is -0.357. The highest BCUT2D eigenvalue weighted by atomic mass is 32.2. The molecule has 0 aromatic heterocycles. The summed E-state index contributed by atoms with van der Waals surface area (Å²) in [4.78, 5) is 13.5. The van der Waals surface area contributed by atoms with Gasteiger partial charge in [-0.15, -0.1) is 0 Å². The van der Waals surface area contributed by atoms with Crippen molar-refractivity contribution >= 4 is 46.2 Å². The number of amides is 1. The summed E-state index contributed by atoms with van der Waals surface area (Å²) >= 11 is 1.55. The summed E-state index contributed by atoms with van der Waals surface area (Å²) in [6, 6.07) is 10.6. The van der Waals surface area contributed by atoms with E-state index in [9.17, 15) is 9.18 Å². The molecular formula is C23H28FN5OS. The number of benzene rings is 2. The Balaban J connectivity index is 0.00000166. The van der Waals surface area contributed by atoms with Crippen molar-refractivity contribution in [2.45, 2.75) is 13.8 Å². The van der Waals surface area contributed by atoms with Gasteiger partial charge in [-0.05, 0) is 49.9 Å². The second-order valence-electron chi connectivity index (χ2n) is 6.72. The first-order chi connectivity index (χ1) is 14.8. The lowest BCUT2D eigenvalue weighted by molar-refractivity contribution is -0.123. The zero-order chi connectivity index (χ0) is 23.1. The maximum atomic E-state index is 14.4. The fourth-order valence-electron chi connectivity index (χ4n) is 2.97. The van der Waals surface area contributed by atoms with E-state index in [1.807, 2.05) is 38.1 Å². The van der Waals surface area contributed by atoms with Crippen molar-refractivity contribution in [3.05, 3.63) is 71.7 Å². The maximum absolute atomic E-state index is 14.4. The highest BCUT2D eigenvalue weighted by molar-refractivity contribution is 8.00. The van der Waals surface area contributed by atoms with Crippen molar-refractivity contribution in [2.75, 3.05) is 29.9 Å². The van der Waals surface area contributed by atoms with Gasteiger partial charge in [0, 0.05) is 41.5 Å². The molecule has 6 nitrogen and oxygen atoms in total. The van der Waals surface area contributed by atoms with Crippen LogP contribution in [0.15, 0.2) is 54.8 Å². The monoisotopic (exact) mass is 441 g/mol. The Morgan fingerprint density at radius 3 is 2.52 bits per heavy atom. The average Bonchev–Trinajstić information content (AvgIpc) is 2.77. The van der Waals surface area contributed by atoms with E-state index in [0.717, 1.165) is 17.0 Å². The lowest BCUT2D eigenvalue weighted by atomic mass is 9.92. The molecular weight excluding hydrogens is 413 g/mol. The molecule has 0 unspecified atom stereocenters. The number of nitrogens with two attached hydrogens (primary N) is 1. The summed E-state index contributed by atoms with van der Waals surface area (Å²) < 4.78 is 17.6. The van der Waals surface area contributed by atoms with E-state index in [0.29, 0.717) is 22.5 Å². The van der Waals surface area contributed by atoms with Crippen LogP contribution in [0.3, 0.4) is 0 Å². The SMILES string of the molecule is C=C1C(=N)C(c2cc(NSCC)ccc2Nc2ccc(C)cc2F)=CN(C)C1=O.CN. The Morgan fingerprint density at radius 1 is 1.19 bits per heavy atom. The Morgan fingerprint density at radius 2 is 1.87 bits per heavy atom. The van der Waals surface area contributed by atoms with E-state index in [1.165, 1.54) is 18.0 Å². The number of halogens is 1. The first-order valence-corrected chi connectivity index (χ1v) is 10.7. The van der Waals surface area contributed by atoms with Crippen molar-refractivity contribution in [1.29, 1.82) is 5.41 Å². The highest BCUT2D eigenvalue weighted by Crippen LogP contribution is 2.35. The summed E-state index contributed by atoms with van der Waals surface area (Å²) in [5.74, 6) is 0.217. The standard InChI is InChI=1S/C22H23FN4OS.CH5N/c1-5-29-26-15-7-9-19(25-20-8-6-13(2)10-18(20)23)16(11-15)17-12-27(4)22(28)14(3)21(17)24;1-2/h6-12,24-26H,3,5H2,1-2,4H3;2H2,1H3. The largest absolute Gasteiger partial charge is 0.353 e. The Bertz CT molecular complexity index is 1030. The number of anilines is 3. The van der Waals surface area contributed by atoms with Crippen molar-refractivity contribution in [1.82, 2.24) is 4.90 Å². The molecule has 0 saturated heterocycles. The van der Waals surface area contributed by atoms with E-state index in [-0.39, 0.29) is 23.0 Å². The summed E-state index contributed by atoms with van der Waals surface area (Å²) in [6.45, 7) is 7.63. The number of hydrogen-bond acceptors (Lipinski definition) is 6. The molecule has 0 aliphatic carbocycles. The molecule has 0 atom stereocenters. The summed E-state index contributed by atoms with van der Waals surface area (Å²) in [7, 11) is 3.13. The van der Waals surface area contributed by atoms with Crippen LogP contribution in [0.25, 0.3) is 5.57 Å². The fraction of sp³-hybridized carbons (Fsp3) is 0.217. The molecule has 164 valence electrons. The van der Waals surface area contributed by atoms with E-state index >= 15 is 0 Å². The molecule has 0 fully saturated rings. The second kappa shape index (κ2) is 10.8. The zero-order valence-electron chi connectivity index (χ0n) is 18.2. The Labute approximate surface area is 187 Å². The van der Waals surface area contributed by atoms with Gasteiger partial charge in [0.2, 0.25) is 0 Å². The Hall–Kier alpha value is -3.10. The van der Waals surface area contributed by atoms with Gasteiger partial charge in [0.15, 0.2) is 0 Å². The van der Waals surface area contributed by atoms with E-state index < -0.39 is 0 Å². The minimum Gasteiger partial charge on any atom is -0.353 e. The lowest BCUT2D eigenvalue weighted by Gasteiger charge is -2.25. The molecule has 0 spiro atoms. The van der Waals surface area contributed by atoms with Gasteiger partial charge in [-0.1, -0.05) is 31.5 Å². The summed E-state index contributed by atoms with van der Waals surface area (Å²) in [6.07, 6.45) is 1.61. The molecule has 1 amide bonds. The summed E-state index contributed by atoms with van der Waals surface area (Å²) in [5, 5.41) is 11.6. The van der Waals surface area contributed by atoms with Crippen LogP contribution in [0.1, 0.15) is 18.1 Å². The number of rotatable bonds is 6. The average molecular weight is 442 g/mol. The number of carbonyl (C=O) groups is 1. The smallest absolute Gasteiger partial charge is 0.259 e.